The summed E-state index contributed by atoms with van der Waals surface area (Å²) in [5.41, 5.74) is 1.80. The Labute approximate surface area is 208 Å². The van der Waals surface area contributed by atoms with Crippen LogP contribution in [0.2, 0.25) is 5.02 Å². The number of carbonyl (C=O) groups excluding carboxylic acids is 2. The molecule has 0 aromatic heterocycles. The normalized spacial score (nSPS) is 23.7. The zero-order valence-corrected chi connectivity index (χ0v) is 21.3. The lowest BCUT2D eigenvalue weighted by molar-refractivity contribution is -0.154. The van der Waals surface area contributed by atoms with Crippen LogP contribution in [-0.4, -0.2) is 29.8 Å². The number of halogens is 1. The molecule has 1 fully saturated rings. The van der Waals surface area contributed by atoms with E-state index in [4.69, 9.17) is 21.1 Å². The van der Waals surface area contributed by atoms with E-state index in [-0.39, 0.29) is 12.0 Å². The van der Waals surface area contributed by atoms with Gasteiger partial charge in [-0.2, -0.15) is 0 Å². The molecule has 4 atom stereocenters. The van der Waals surface area contributed by atoms with Crippen LogP contribution in [0.1, 0.15) is 58.1 Å². The van der Waals surface area contributed by atoms with E-state index in [1.165, 1.54) is 11.1 Å². The first-order chi connectivity index (χ1) is 16.1. The van der Waals surface area contributed by atoms with Gasteiger partial charge in [-0.1, -0.05) is 60.5 Å². The predicted molar refractivity (Wildman–Crippen MR) is 135 cm³/mol. The first-order valence-electron chi connectivity index (χ1n) is 12.1. The number of rotatable bonds is 5. The van der Waals surface area contributed by atoms with Gasteiger partial charge in [-0.05, 0) is 82.6 Å². The topological polar surface area (TPSA) is 64.6 Å². The number of ether oxygens (including phenoxy) is 2. The summed E-state index contributed by atoms with van der Waals surface area (Å²) in [6, 6.07) is 17.6. The van der Waals surface area contributed by atoms with Gasteiger partial charge in [0.1, 0.15) is 17.7 Å². The second kappa shape index (κ2) is 11.7. The van der Waals surface area contributed by atoms with Crippen LogP contribution in [-0.2, 0) is 27.1 Å². The Kier molecular flexibility index (Phi) is 9.01. The molecule has 6 heteroatoms. The summed E-state index contributed by atoms with van der Waals surface area (Å²) in [4.78, 5) is 25.3. The molecular weight excluding hydrogens is 450 g/mol. The van der Waals surface area contributed by atoms with Crippen molar-refractivity contribution in [3.05, 3.63) is 70.7 Å². The molecule has 34 heavy (non-hydrogen) atoms. The molecule has 0 saturated carbocycles. The standard InChI is InChI=1S/C28H36ClNO4/c1-19-24(18-20-9-6-5-7-10-20)22(17-21-13-15-23(29)16-14-21)11-8-12-25(26(31)33-19)30-27(32)34-28(2,3)4/h5-7,9-10,13-16,19,22,24-25H,8,11-12,17-18H2,1-4H3,(H,30,32)/t19-,22+,24-,25-/m0/s1. The van der Waals surface area contributed by atoms with Gasteiger partial charge in [0, 0.05) is 10.9 Å². The van der Waals surface area contributed by atoms with Gasteiger partial charge in [0.25, 0.3) is 0 Å². The van der Waals surface area contributed by atoms with E-state index >= 15 is 0 Å². The van der Waals surface area contributed by atoms with Crippen molar-refractivity contribution in [1.82, 2.24) is 5.32 Å². The third kappa shape index (κ3) is 8.05. The number of amides is 1. The fourth-order valence-corrected chi connectivity index (χ4v) is 4.75. The third-order valence-electron chi connectivity index (χ3n) is 6.28. The van der Waals surface area contributed by atoms with Crippen LogP contribution in [0.5, 0.6) is 0 Å². The maximum atomic E-state index is 13.0. The molecule has 0 spiro atoms. The average Bonchev–Trinajstić information content (AvgIpc) is 2.80. The fourth-order valence-electron chi connectivity index (χ4n) is 4.63. The number of esters is 1. The zero-order chi connectivity index (χ0) is 24.7. The number of nitrogens with one attached hydrogen (secondary N) is 1. The number of hydrogen-bond acceptors (Lipinski definition) is 4. The van der Waals surface area contributed by atoms with Crippen molar-refractivity contribution in [2.24, 2.45) is 11.8 Å². The molecule has 0 bridgehead atoms. The van der Waals surface area contributed by atoms with E-state index in [1.54, 1.807) is 20.8 Å². The number of cyclic esters (lactones) is 1. The molecule has 0 unspecified atom stereocenters. The van der Waals surface area contributed by atoms with Gasteiger partial charge in [-0.25, -0.2) is 9.59 Å². The number of benzene rings is 2. The largest absolute Gasteiger partial charge is 0.461 e. The maximum absolute atomic E-state index is 13.0. The van der Waals surface area contributed by atoms with Crippen LogP contribution in [0.4, 0.5) is 4.79 Å². The van der Waals surface area contributed by atoms with E-state index in [1.807, 2.05) is 37.3 Å². The molecule has 1 aliphatic heterocycles. The van der Waals surface area contributed by atoms with Crippen LogP contribution < -0.4 is 5.32 Å². The molecular formula is C28H36ClNO4. The van der Waals surface area contributed by atoms with Crippen molar-refractivity contribution < 1.29 is 19.1 Å². The minimum atomic E-state index is -0.719. The third-order valence-corrected chi connectivity index (χ3v) is 6.53. The molecule has 1 N–H and O–H groups in total. The zero-order valence-electron chi connectivity index (χ0n) is 20.6. The SMILES string of the molecule is C[C@@H]1OC(=O)[C@@H](NC(=O)OC(C)(C)C)CCC[C@H](Cc2ccc(Cl)cc2)[C@H]1Cc1ccccc1. The number of carbonyl (C=O) groups is 2. The molecule has 1 aliphatic rings. The highest BCUT2D eigenvalue weighted by Gasteiger charge is 2.35. The highest BCUT2D eigenvalue weighted by atomic mass is 35.5. The summed E-state index contributed by atoms with van der Waals surface area (Å²) in [6.45, 7) is 7.36. The van der Waals surface area contributed by atoms with Crippen LogP contribution >= 0.6 is 11.6 Å². The van der Waals surface area contributed by atoms with Crippen molar-refractivity contribution >= 4 is 23.7 Å². The summed E-state index contributed by atoms with van der Waals surface area (Å²) < 4.78 is 11.3. The molecule has 1 amide bonds. The first-order valence-corrected chi connectivity index (χ1v) is 12.5. The summed E-state index contributed by atoms with van der Waals surface area (Å²) >= 11 is 6.09. The number of alkyl carbamates (subject to hydrolysis) is 1. The molecule has 0 radical (unpaired) electrons. The molecule has 2 aromatic carbocycles. The van der Waals surface area contributed by atoms with Gasteiger partial charge in [0.2, 0.25) is 0 Å². The lowest BCUT2D eigenvalue weighted by atomic mass is 9.77. The summed E-state index contributed by atoms with van der Waals surface area (Å²) in [5, 5.41) is 3.45. The minimum Gasteiger partial charge on any atom is -0.461 e. The van der Waals surface area contributed by atoms with Crippen molar-refractivity contribution in [2.45, 2.75) is 77.5 Å². The van der Waals surface area contributed by atoms with E-state index in [2.05, 4.69) is 29.6 Å². The molecule has 184 valence electrons. The molecule has 1 heterocycles. The Hall–Kier alpha value is -2.53. The lowest BCUT2D eigenvalue weighted by Gasteiger charge is -2.31. The predicted octanol–water partition coefficient (Wildman–Crippen LogP) is 6.37. The summed E-state index contributed by atoms with van der Waals surface area (Å²) in [7, 11) is 0. The second-order valence-electron chi connectivity index (χ2n) is 10.2. The minimum absolute atomic E-state index is 0.141. The van der Waals surface area contributed by atoms with E-state index < -0.39 is 23.7 Å². The quantitative estimate of drug-likeness (QED) is 0.500. The van der Waals surface area contributed by atoms with Gasteiger partial charge in [0.15, 0.2) is 0 Å². The van der Waals surface area contributed by atoms with Crippen LogP contribution in [0.25, 0.3) is 0 Å². The van der Waals surface area contributed by atoms with Gasteiger partial charge >= 0.3 is 12.1 Å². The van der Waals surface area contributed by atoms with Crippen LogP contribution in [0.3, 0.4) is 0 Å². The first kappa shape index (κ1) is 26.1. The Morgan fingerprint density at radius 1 is 1.03 bits per heavy atom. The van der Waals surface area contributed by atoms with Crippen molar-refractivity contribution in [1.29, 1.82) is 0 Å². The van der Waals surface area contributed by atoms with Crippen LogP contribution in [0.15, 0.2) is 54.6 Å². The highest BCUT2D eigenvalue weighted by molar-refractivity contribution is 6.30. The van der Waals surface area contributed by atoms with Gasteiger partial charge in [-0.3, -0.25) is 0 Å². The van der Waals surface area contributed by atoms with Crippen molar-refractivity contribution in [3.8, 4) is 0 Å². The van der Waals surface area contributed by atoms with Gasteiger partial charge in [-0.15, -0.1) is 0 Å². The van der Waals surface area contributed by atoms with Crippen molar-refractivity contribution in [3.63, 3.8) is 0 Å². The molecule has 0 aliphatic carbocycles. The smallest absolute Gasteiger partial charge is 0.408 e. The Balaban J connectivity index is 1.80. The van der Waals surface area contributed by atoms with Gasteiger partial charge < -0.3 is 14.8 Å². The monoisotopic (exact) mass is 485 g/mol. The Bertz CT molecular complexity index is 939. The fraction of sp³-hybridized carbons (Fsp3) is 0.500. The Morgan fingerprint density at radius 3 is 2.32 bits per heavy atom. The molecule has 5 nitrogen and oxygen atoms in total. The van der Waals surface area contributed by atoms with Gasteiger partial charge in [0.05, 0.1) is 0 Å². The summed E-state index contributed by atoms with van der Waals surface area (Å²) in [5.74, 6) is 0.0512. The molecule has 3 rings (SSSR count). The Morgan fingerprint density at radius 2 is 1.68 bits per heavy atom. The van der Waals surface area contributed by atoms with E-state index in [0.717, 1.165) is 30.7 Å². The number of hydrogen-bond donors (Lipinski definition) is 1. The average molecular weight is 486 g/mol. The van der Waals surface area contributed by atoms with E-state index in [0.29, 0.717) is 12.3 Å². The lowest BCUT2D eigenvalue weighted by Crippen LogP contribution is -2.45. The van der Waals surface area contributed by atoms with E-state index in [9.17, 15) is 9.59 Å². The second-order valence-corrected chi connectivity index (χ2v) is 10.7. The van der Waals surface area contributed by atoms with Crippen molar-refractivity contribution in [2.75, 3.05) is 0 Å². The molecule has 1 saturated heterocycles. The van der Waals surface area contributed by atoms with Crippen LogP contribution in [0, 0.1) is 11.8 Å². The summed E-state index contributed by atoms with van der Waals surface area (Å²) in [6.07, 6.45) is 3.03. The maximum Gasteiger partial charge on any atom is 0.408 e. The highest BCUT2D eigenvalue weighted by Crippen LogP contribution is 2.32. The molecule has 2 aromatic rings.